The van der Waals surface area contributed by atoms with Crippen LogP contribution in [0.15, 0.2) is 4.99 Å². The van der Waals surface area contributed by atoms with Gasteiger partial charge in [0.05, 0.1) is 0 Å². The third-order valence-corrected chi connectivity index (χ3v) is 3.99. The average Bonchev–Trinajstić information content (AvgIpc) is 2.38. The van der Waals surface area contributed by atoms with Crippen LogP contribution in [0.3, 0.4) is 0 Å². The van der Waals surface area contributed by atoms with Crippen molar-refractivity contribution in [2.24, 2.45) is 10.9 Å². The van der Waals surface area contributed by atoms with E-state index in [0.29, 0.717) is 6.04 Å². The lowest BCUT2D eigenvalue weighted by Crippen LogP contribution is -2.48. The quantitative estimate of drug-likeness (QED) is 0.611. The fourth-order valence-corrected chi connectivity index (χ4v) is 2.81. The Hall–Kier alpha value is -0.770. The smallest absolute Gasteiger partial charge is 0.193 e. The lowest BCUT2D eigenvalue weighted by atomic mass is 10.0. The van der Waals surface area contributed by atoms with Gasteiger partial charge in [0.15, 0.2) is 5.96 Å². The third-order valence-electron chi connectivity index (χ3n) is 3.99. The van der Waals surface area contributed by atoms with E-state index in [1.807, 2.05) is 7.05 Å². The van der Waals surface area contributed by atoms with Crippen molar-refractivity contribution in [2.45, 2.75) is 46.6 Å². The zero-order valence-electron chi connectivity index (χ0n) is 13.4. The number of nitrogens with zero attached hydrogens (tertiary/aromatic N) is 3. The Kier molecular flexibility index (Phi) is 7.21. The molecule has 1 heterocycles. The van der Waals surface area contributed by atoms with E-state index in [-0.39, 0.29) is 0 Å². The molecule has 4 heteroatoms. The third kappa shape index (κ3) is 5.39. The molecule has 1 unspecified atom stereocenters. The standard InChI is InChI=1S/C15H32N4/c1-6-18(13(2)3)11-9-17-15(16-5)19-10-7-8-14(4)12-19/h13-14H,6-12H2,1-5H3,(H,16,17). The Balaban J connectivity index is 2.36. The Morgan fingerprint density at radius 3 is 2.74 bits per heavy atom. The maximum absolute atomic E-state index is 4.43. The molecule has 1 rings (SSSR count). The number of piperidine rings is 1. The number of aliphatic imine (C=N–C) groups is 1. The summed E-state index contributed by atoms with van der Waals surface area (Å²) in [6.07, 6.45) is 2.64. The lowest BCUT2D eigenvalue weighted by molar-refractivity contribution is 0.233. The van der Waals surface area contributed by atoms with Gasteiger partial charge in [0, 0.05) is 39.3 Å². The van der Waals surface area contributed by atoms with Crippen LogP contribution in [0.4, 0.5) is 0 Å². The van der Waals surface area contributed by atoms with E-state index in [4.69, 9.17) is 0 Å². The van der Waals surface area contributed by atoms with Crippen molar-refractivity contribution in [3.05, 3.63) is 0 Å². The van der Waals surface area contributed by atoms with Gasteiger partial charge in [0.25, 0.3) is 0 Å². The van der Waals surface area contributed by atoms with Crippen LogP contribution >= 0.6 is 0 Å². The van der Waals surface area contributed by atoms with E-state index < -0.39 is 0 Å². The van der Waals surface area contributed by atoms with Gasteiger partial charge in [-0.15, -0.1) is 0 Å². The topological polar surface area (TPSA) is 30.9 Å². The van der Waals surface area contributed by atoms with Crippen LogP contribution in [0.25, 0.3) is 0 Å². The van der Waals surface area contributed by atoms with Crippen LogP contribution in [0.5, 0.6) is 0 Å². The number of likely N-dealkylation sites (tertiary alicyclic amines) is 1. The molecule has 0 aromatic heterocycles. The number of hydrogen-bond acceptors (Lipinski definition) is 2. The molecule has 0 spiro atoms. The number of hydrogen-bond donors (Lipinski definition) is 1. The first-order valence-corrected chi connectivity index (χ1v) is 7.78. The molecule has 0 radical (unpaired) electrons. The van der Waals surface area contributed by atoms with E-state index in [2.05, 4.69) is 47.8 Å². The van der Waals surface area contributed by atoms with Gasteiger partial charge in [-0.2, -0.15) is 0 Å². The molecule has 1 aliphatic rings. The molecule has 1 fully saturated rings. The summed E-state index contributed by atoms with van der Waals surface area (Å²) in [6, 6.07) is 0.615. The van der Waals surface area contributed by atoms with E-state index in [1.165, 1.54) is 12.8 Å². The summed E-state index contributed by atoms with van der Waals surface area (Å²) in [7, 11) is 1.89. The van der Waals surface area contributed by atoms with E-state index in [0.717, 1.165) is 44.6 Å². The molecule has 19 heavy (non-hydrogen) atoms. The van der Waals surface area contributed by atoms with Gasteiger partial charge in [-0.05, 0) is 39.2 Å². The summed E-state index contributed by atoms with van der Waals surface area (Å²) in [5.74, 6) is 1.86. The van der Waals surface area contributed by atoms with Gasteiger partial charge in [-0.1, -0.05) is 13.8 Å². The SMILES string of the molecule is CCN(CCNC(=NC)N1CCCC(C)C1)C(C)C. The summed E-state index contributed by atoms with van der Waals surface area (Å²) >= 11 is 0. The van der Waals surface area contributed by atoms with Crippen molar-refractivity contribution in [3.63, 3.8) is 0 Å². The van der Waals surface area contributed by atoms with Crippen LogP contribution in [-0.4, -0.2) is 61.6 Å². The fraction of sp³-hybridized carbons (Fsp3) is 0.933. The summed E-state index contributed by atoms with van der Waals surface area (Å²) in [5.41, 5.74) is 0. The monoisotopic (exact) mass is 268 g/mol. The Bertz CT molecular complexity index is 275. The highest BCUT2D eigenvalue weighted by molar-refractivity contribution is 5.79. The minimum absolute atomic E-state index is 0.615. The van der Waals surface area contributed by atoms with E-state index in [1.54, 1.807) is 0 Å². The summed E-state index contributed by atoms with van der Waals surface area (Å²) in [6.45, 7) is 14.5. The number of guanidine groups is 1. The summed E-state index contributed by atoms with van der Waals surface area (Å²) in [5, 5.41) is 3.51. The molecular weight excluding hydrogens is 236 g/mol. The molecule has 0 amide bonds. The minimum atomic E-state index is 0.615. The number of nitrogens with one attached hydrogen (secondary N) is 1. The van der Waals surface area contributed by atoms with Crippen LogP contribution in [0.2, 0.25) is 0 Å². The predicted molar refractivity (Wildman–Crippen MR) is 83.7 cm³/mol. The summed E-state index contributed by atoms with van der Waals surface area (Å²) < 4.78 is 0. The highest BCUT2D eigenvalue weighted by Gasteiger charge is 2.19. The number of likely N-dealkylation sites (N-methyl/N-ethyl adjacent to an activating group) is 1. The van der Waals surface area contributed by atoms with E-state index >= 15 is 0 Å². The Morgan fingerprint density at radius 2 is 2.21 bits per heavy atom. The molecule has 0 aliphatic carbocycles. The zero-order chi connectivity index (χ0) is 14.3. The van der Waals surface area contributed by atoms with Crippen molar-refractivity contribution in [1.29, 1.82) is 0 Å². The molecular formula is C15H32N4. The van der Waals surface area contributed by atoms with Gasteiger partial charge < -0.3 is 10.2 Å². The summed E-state index contributed by atoms with van der Waals surface area (Å²) in [4.78, 5) is 9.30. The second-order valence-corrected chi connectivity index (χ2v) is 5.89. The molecule has 0 aromatic rings. The molecule has 0 bridgehead atoms. The molecule has 112 valence electrons. The highest BCUT2D eigenvalue weighted by Crippen LogP contribution is 2.15. The van der Waals surface area contributed by atoms with Gasteiger partial charge in [-0.25, -0.2) is 0 Å². The fourth-order valence-electron chi connectivity index (χ4n) is 2.81. The maximum Gasteiger partial charge on any atom is 0.193 e. The van der Waals surface area contributed by atoms with Gasteiger partial charge in [-0.3, -0.25) is 9.89 Å². The lowest BCUT2D eigenvalue weighted by Gasteiger charge is -2.34. The van der Waals surface area contributed by atoms with Crippen molar-refractivity contribution in [3.8, 4) is 0 Å². The largest absolute Gasteiger partial charge is 0.355 e. The highest BCUT2D eigenvalue weighted by atomic mass is 15.3. The first-order chi connectivity index (χ1) is 9.08. The molecule has 0 aromatic carbocycles. The minimum Gasteiger partial charge on any atom is -0.355 e. The van der Waals surface area contributed by atoms with Crippen LogP contribution in [0, 0.1) is 5.92 Å². The van der Waals surface area contributed by atoms with Crippen LogP contribution in [-0.2, 0) is 0 Å². The van der Waals surface area contributed by atoms with Gasteiger partial charge in [0.2, 0.25) is 0 Å². The van der Waals surface area contributed by atoms with Crippen LogP contribution < -0.4 is 5.32 Å². The molecule has 0 saturated carbocycles. The first-order valence-electron chi connectivity index (χ1n) is 7.78. The van der Waals surface area contributed by atoms with Crippen molar-refractivity contribution in [1.82, 2.24) is 15.1 Å². The zero-order valence-corrected chi connectivity index (χ0v) is 13.4. The molecule has 1 N–H and O–H groups in total. The molecule has 1 atom stereocenters. The predicted octanol–water partition coefficient (Wildman–Crippen LogP) is 2.02. The maximum atomic E-state index is 4.43. The Labute approximate surface area is 119 Å². The van der Waals surface area contributed by atoms with Crippen molar-refractivity contribution < 1.29 is 0 Å². The molecule has 4 nitrogen and oxygen atoms in total. The average molecular weight is 268 g/mol. The number of rotatable bonds is 5. The Morgan fingerprint density at radius 1 is 1.47 bits per heavy atom. The van der Waals surface area contributed by atoms with Crippen molar-refractivity contribution >= 4 is 5.96 Å². The molecule has 1 saturated heterocycles. The normalized spacial score (nSPS) is 21.3. The molecule has 1 aliphatic heterocycles. The van der Waals surface area contributed by atoms with E-state index in [9.17, 15) is 0 Å². The second-order valence-electron chi connectivity index (χ2n) is 5.89. The van der Waals surface area contributed by atoms with Crippen molar-refractivity contribution in [2.75, 3.05) is 39.8 Å². The second kappa shape index (κ2) is 8.41. The first kappa shape index (κ1) is 16.3. The van der Waals surface area contributed by atoms with Crippen LogP contribution in [0.1, 0.15) is 40.5 Å². The van der Waals surface area contributed by atoms with Gasteiger partial charge >= 0.3 is 0 Å². The van der Waals surface area contributed by atoms with Gasteiger partial charge in [0.1, 0.15) is 0 Å².